The molecule has 2 atom stereocenters. The molecule has 0 saturated carbocycles. The maximum absolute atomic E-state index is 15.0. The summed E-state index contributed by atoms with van der Waals surface area (Å²) in [6.07, 6.45) is -0.998. The number of ether oxygens (including phenoxy) is 1. The first-order chi connectivity index (χ1) is 15.3. The lowest BCUT2D eigenvalue weighted by molar-refractivity contribution is -0.142. The summed E-state index contributed by atoms with van der Waals surface area (Å²) in [6, 6.07) is 13.0. The Morgan fingerprint density at radius 3 is 1.91 bits per heavy atom. The number of halogens is 3. The van der Waals surface area contributed by atoms with E-state index in [-0.39, 0.29) is 16.7 Å². The standard InChI is InChI=1S/C24H18F3NO4/c1-14(22(29)30)28-21(19-4-2-3-5-20(19)27)24(32-23(28)31,15-6-10-17(25)11-7-15)16-8-12-18(26)13-9-16/h2-14,21H,1H3,(H,29,30)/t14-,21?/m0/s1. The van der Waals surface area contributed by atoms with E-state index in [4.69, 9.17) is 4.74 Å². The van der Waals surface area contributed by atoms with Gasteiger partial charge < -0.3 is 9.84 Å². The zero-order chi connectivity index (χ0) is 23.0. The van der Waals surface area contributed by atoms with Gasteiger partial charge in [0.1, 0.15) is 29.5 Å². The Morgan fingerprint density at radius 1 is 0.938 bits per heavy atom. The molecule has 8 heteroatoms. The van der Waals surface area contributed by atoms with Crippen LogP contribution in [0.3, 0.4) is 0 Å². The third kappa shape index (κ3) is 3.37. The van der Waals surface area contributed by atoms with Gasteiger partial charge in [0.2, 0.25) is 0 Å². The van der Waals surface area contributed by atoms with Crippen LogP contribution in [0.1, 0.15) is 29.7 Å². The van der Waals surface area contributed by atoms with Crippen LogP contribution in [0.5, 0.6) is 0 Å². The van der Waals surface area contributed by atoms with E-state index < -0.39 is 47.2 Å². The van der Waals surface area contributed by atoms with E-state index in [1.165, 1.54) is 49.4 Å². The van der Waals surface area contributed by atoms with Crippen LogP contribution in [0.15, 0.2) is 72.8 Å². The Morgan fingerprint density at radius 2 is 1.44 bits per heavy atom. The van der Waals surface area contributed by atoms with Crippen molar-refractivity contribution in [1.82, 2.24) is 4.90 Å². The molecule has 1 amide bonds. The van der Waals surface area contributed by atoms with Crippen molar-refractivity contribution < 1.29 is 32.6 Å². The van der Waals surface area contributed by atoms with Gasteiger partial charge in [0.25, 0.3) is 0 Å². The quantitative estimate of drug-likeness (QED) is 0.604. The van der Waals surface area contributed by atoms with E-state index in [0.29, 0.717) is 0 Å². The van der Waals surface area contributed by atoms with Crippen molar-refractivity contribution in [1.29, 1.82) is 0 Å². The summed E-state index contributed by atoms with van der Waals surface area (Å²) in [5.74, 6) is -3.11. The van der Waals surface area contributed by atoms with E-state index in [2.05, 4.69) is 0 Å². The van der Waals surface area contributed by atoms with Gasteiger partial charge in [-0.15, -0.1) is 0 Å². The maximum atomic E-state index is 15.0. The molecule has 0 aliphatic carbocycles. The van der Waals surface area contributed by atoms with Crippen molar-refractivity contribution in [2.24, 2.45) is 0 Å². The molecular formula is C24H18F3NO4. The van der Waals surface area contributed by atoms with Crippen molar-refractivity contribution in [2.75, 3.05) is 0 Å². The zero-order valence-corrected chi connectivity index (χ0v) is 16.8. The molecule has 0 aromatic heterocycles. The van der Waals surface area contributed by atoms with Crippen LogP contribution in [-0.2, 0) is 15.1 Å². The average molecular weight is 441 g/mol. The second kappa shape index (κ2) is 8.03. The maximum Gasteiger partial charge on any atom is 0.412 e. The number of carboxylic acids is 1. The third-order valence-corrected chi connectivity index (χ3v) is 5.64. The Kier molecular flexibility index (Phi) is 5.38. The van der Waals surface area contributed by atoms with Gasteiger partial charge in [-0.25, -0.2) is 22.8 Å². The van der Waals surface area contributed by atoms with Crippen LogP contribution >= 0.6 is 0 Å². The van der Waals surface area contributed by atoms with Gasteiger partial charge in [0, 0.05) is 16.7 Å². The van der Waals surface area contributed by atoms with Gasteiger partial charge in [-0.2, -0.15) is 0 Å². The van der Waals surface area contributed by atoms with Gasteiger partial charge in [-0.1, -0.05) is 42.5 Å². The largest absolute Gasteiger partial charge is 0.480 e. The lowest BCUT2D eigenvalue weighted by Crippen LogP contribution is -2.44. The summed E-state index contributed by atoms with van der Waals surface area (Å²) in [5, 5.41) is 9.64. The Hall–Kier alpha value is -3.81. The molecule has 1 fully saturated rings. The monoisotopic (exact) mass is 441 g/mol. The van der Waals surface area contributed by atoms with Gasteiger partial charge in [0.15, 0.2) is 5.60 Å². The number of rotatable bonds is 5. The van der Waals surface area contributed by atoms with E-state index in [1.54, 1.807) is 6.07 Å². The number of nitrogens with zero attached hydrogens (tertiary/aromatic N) is 1. The number of carbonyl (C=O) groups is 2. The summed E-state index contributed by atoms with van der Waals surface area (Å²) >= 11 is 0. The minimum Gasteiger partial charge on any atom is -0.480 e. The second-order valence-corrected chi connectivity index (χ2v) is 7.46. The molecule has 1 unspecified atom stereocenters. The predicted octanol–water partition coefficient (Wildman–Crippen LogP) is 5.01. The van der Waals surface area contributed by atoms with Gasteiger partial charge in [0.05, 0.1) is 0 Å². The minimum absolute atomic E-state index is 0.0000926. The highest BCUT2D eigenvalue weighted by Gasteiger charge is 2.59. The van der Waals surface area contributed by atoms with Gasteiger partial charge in [-0.3, -0.25) is 4.90 Å². The number of aliphatic carboxylic acids is 1. The van der Waals surface area contributed by atoms with E-state index in [0.717, 1.165) is 29.2 Å². The van der Waals surface area contributed by atoms with Crippen molar-refractivity contribution in [2.45, 2.75) is 24.6 Å². The molecule has 1 aliphatic rings. The minimum atomic E-state index is -1.77. The van der Waals surface area contributed by atoms with Crippen molar-refractivity contribution in [3.05, 3.63) is 107 Å². The smallest absolute Gasteiger partial charge is 0.412 e. The molecule has 32 heavy (non-hydrogen) atoms. The van der Waals surface area contributed by atoms with Crippen LogP contribution in [0.2, 0.25) is 0 Å². The highest BCUT2D eigenvalue weighted by molar-refractivity contribution is 5.82. The number of benzene rings is 3. The molecule has 164 valence electrons. The van der Waals surface area contributed by atoms with Gasteiger partial charge >= 0.3 is 12.1 Å². The van der Waals surface area contributed by atoms with Crippen LogP contribution in [0.4, 0.5) is 18.0 Å². The van der Waals surface area contributed by atoms with Gasteiger partial charge in [-0.05, 0) is 37.3 Å². The second-order valence-electron chi connectivity index (χ2n) is 7.46. The summed E-state index contributed by atoms with van der Waals surface area (Å²) in [4.78, 5) is 25.8. The molecule has 4 rings (SSSR count). The number of hydrogen-bond acceptors (Lipinski definition) is 3. The Labute approximate surface area is 181 Å². The van der Waals surface area contributed by atoms with Crippen LogP contribution < -0.4 is 0 Å². The lowest BCUT2D eigenvalue weighted by Gasteiger charge is -2.37. The van der Waals surface area contributed by atoms with Crippen LogP contribution in [-0.4, -0.2) is 28.1 Å². The lowest BCUT2D eigenvalue weighted by atomic mass is 9.76. The number of hydrogen-bond donors (Lipinski definition) is 1. The van der Waals surface area contributed by atoms with Crippen LogP contribution in [0, 0.1) is 17.5 Å². The highest BCUT2D eigenvalue weighted by atomic mass is 19.1. The number of cyclic esters (lactones) is 1. The van der Waals surface area contributed by atoms with Crippen molar-refractivity contribution in [3.8, 4) is 0 Å². The summed E-state index contributed by atoms with van der Waals surface area (Å²) < 4.78 is 48.3. The molecule has 0 radical (unpaired) electrons. The molecule has 3 aromatic carbocycles. The molecule has 3 aromatic rings. The van der Waals surface area contributed by atoms with E-state index in [9.17, 15) is 23.5 Å². The first-order valence-corrected chi connectivity index (χ1v) is 9.76. The van der Waals surface area contributed by atoms with Crippen LogP contribution in [0.25, 0.3) is 0 Å². The first-order valence-electron chi connectivity index (χ1n) is 9.76. The molecule has 1 saturated heterocycles. The SMILES string of the molecule is C[C@@H](C(=O)O)N1C(=O)OC(c2ccc(F)cc2)(c2ccc(F)cc2)C1c1ccccc1F. The topological polar surface area (TPSA) is 66.8 Å². The van der Waals surface area contributed by atoms with E-state index >= 15 is 4.39 Å². The average Bonchev–Trinajstić information content (AvgIpc) is 3.08. The molecule has 1 heterocycles. The fourth-order valence-electron chi connectivity index (χ4n) is 4.11. The number of amides is 1. The summed E-state index contributed by atoms with van der Waals surface area (Å²) in [6.45, 7) is 1.28. The van der Waals surface area contributed by atoms with Crippen molar-refractivity contribution >= 4 is 12.1 Å². The number of carbonyl (C=O) groups excluding carboxylic acids is 1. The molecule has 1 aliphatic heterocycles. The molecule has 1 N–H and O–H groups in total. The zero-order valence-electron chi connectivity index (χ0n) is 16.8. The molecule has 0 bridgehead atoms. The predicted molar refractivity (Wildman–Crippen MR) is 108 cm³/mol. The van der Waals surface area contributed by atoms with E-state index in [1.807, 2.05) is 0 Å². The summed E-state index contributed by atoms with van der Waals surface area (Å²) in [5.41, 5.74) is -1.23. The Bertz CT molecular complexity index is 1120. The van der Waals surface area contributed by atoms with Crippen molar-refractivity contribution in [3.63, 3.8) is 0 Å². The molecule has 5 nitrogen and oxygen atoms in total. The molecular weight excluding hydrogens is 423 g/mol. The fourth-order valence-corrected chi connectivity index (χ4v) is 4.11. The first kappa shape index (κ1) is 21.4. The normalized spacial score (nSPS) is 18.3. The fraction of sp³-hybridized carbons (Fsp3) is 0.167. The number of carboxylic acid groups (broad SMARTS) is 1. The molecule has 0 spiro atoms. The highest BCUT2D eigenvalue weighted by Crippen LogP contribution is 2.53. The Balaban J connectivity index is 2.07. The third-order valence-electron chi connectivity index (χ3n) is 5.64. The summed E-state index contributed by atoms with van der Waals surface area (Å²) in [7, 11) is 0.